The smallest absolute Gasteiger partial charge is 0.161 e. The van der Waals surface area contributed by atoms with Crippen molar-refractivity contribution in [2.75, 3.05) is 0 Å². The number of fused-ring (bicyclic) bond motifs is 3. The molecule has 0 N–H and O–H groups in total. The van der Waals surface area contributed by atoms with Gasteiger partial charge >= 0.3 is 0 Å². The van der Waals surface area contributed by atoms with E-state index in [9.17, 15) is 0 Å². The zero-order chi connectivity index (χ0) is 32.6. The first-order valence-electron chi connectivity index (χ1n) is 16.5. The van der Waals surface area contributed by atoms with Gasteiger partial charge in [0.15, 0.2) is 5.82 Å². The summed E-state index contributed by atoms with van der Waals surface area (Å²) in [5.74, 6) is 0.732. The van der Waals surface area contributed by atoms with Crippen molar-refractivity contribution >= 4 is 31.6 Å². The Morgan fingerprint density at radius 2 is 0.755 bits per heavy atom. The van der Waals surface area contributed by atoms with Gasteiger partial charge in [0.1, 0.15) is 4.83 Å². The van der Waals surface area contributed by atoms with Crippen molar-refractivity contribution in [3.63, 3.8) is 0 Å². The van der Waals surface area contributed by atoms with Gasteiger partial charge in [0.05, 0.1) is 5.69 Å². The fourth-order valence-electron chi connectivity index (χ4n) is 6.64. The summed E-state index contributed by atoms with van der Waals surface area (Å²) in [4.78, 5) is 11.5. The molecule has 49 heavy (non-hydrogen) atoms. The van der Waals surface area contributed by atoms with Crippen LogP contribution >= 0.6 is 11.3 Å². The highest BCUT2D eigenvalue weighted by Gasteiger charge is 2.17. The molecule has 0 atom stereocenters. The van der Waals surface area contributed by atoms with E-state index in [0.29, 0.717) is 0 Å². The van der Waals surface area contributed by atoms with Crippen LogP contribution in [0.5, 0.6) is 0 Å². The van der Waals surface area contributed by atoms with Crippen molar-refractivity contribution in [1.82, 2.24) is 9.97 Å². The quantitative estimate of drug-likeness (QED) is 0.180. The minimum atomic E-state index is 0.732. The first-order chi connectivity index (χ1) is 24.3. The predicted octanol–water partition coefficient (Wildman–Crippen LogP) is 12.8. The largest absolute Gasteiger partial charge is 0.227 e. The lowest BCUT2D eigenvalue weighted by molar-refractivity contribution is 1.24. The Kier molecular flexibility index (Phi) is 7.38. The lowest BCUT2D eigenvalue weighted by Gasteiger charge is -2.11. The Labute approximate surface area is 289 Å². The maximum atomic E-state index is 5.32. The summed E-state index contributed by atoms with van der Waals surface area (Å²) in [6.45, 7) is 0. The highest BCUT2D eigenvalue weighted by Crippen LogP contribution is 2.40. The third-order valence-electron chi connectivity index (χ3n) is 9.12. The standard InChI is InChI=1S/C46H30N2S/c1-3-12-31(13-4-1)35-16-9-18-37(28-35)33-24-26-34(27-25-33)45-47-44(43-41-22-7-8-23-42(41)49-46(43)48-45)40-21-11-20-39(30-40)38-19-10-17-36(29-38)32-14-5-2-6-15-32/h1-30H. The van der Waals surface area contributed by atoms with Crippen LogP contribution in [0.25, 0.3) is 87.5 Å². The molecule has 2 heterocycles. The first-order valence-corrected chi connectivity index (χ1v) is 17.3. The number of hydrogen-bond acceptors (Lipinski definition) is 3. The Bertz CT molecular complexity index is 2590. The molecule has 2 aromatic heterocycles. The van der Waals surface area contributed by atoms with Crippen LogP contribution in [0.3, 0.4) is 0 Å². The van der Waals surface area contributed by atoms with Gasteiger partial charge in [-0.1, -0.05) is 158 Å². The first kappa shape index (κ1) is 29.0. The highest BCUT2D eigenvalue weighted by molar-refractivity contribution is 7.25. The van der Waals surface area contributed by atoms with Crippen LogP contribution < -0.4 is 0 Å². The molecular formula is C46H30N2S. The predicted molar refractivity (Wildman–Crippen MR) is 208 cm³/mol. The van der Waals surface area contributed by atoms with Crippen molar-refractivity contribution in [1.29, 1.82) is 0 Å². The monoisotopic (exact) mass is 642 g/mol. The van der Waals surface area contributed by atoms with Crippen molar-refractivity contribution in [3.05, 3.63) is 182 Å². The maximum absolute atomic E-state index is 5.32. The van der Waals surface area contributed by atoms with Gasteiger partial charge in [-0.15, -0.1) is 11.3 Å². The Morgan fingerprint density at radius 3 is 1.35 bits per heavy atom. The van der Waals surface area contributed by atoms with E-state index < -0.39 is 0 Å². The lowest BCUT2D eigenvalue weighted by atomic mass is 9.96. The molecular weight excluding hydrogens is 613 g/mol. The molecule has 0 radical (unpaired) electrons. The summed E-state index contributed by atoms with van der Waals surface area (Å²) in [7, 11) is 0. The van der Waals surface area contributed by atoms with Crippen LogP contribution in [-0.2, 0) is 0 Å². The van der Waals surface area contributed by atoms with Crippen molar-refractivity contribution in [3.8, 4) is 67.2 Å². The van der Waals surface area contributed by atoms with Gasteiger partial charge in [-0.25, -0.2) is 9.97 Å². The average Bonchev–Trinajstić information content (AvgIpc) is 3.57. The van der Waals surface area contributed by atoms with Gasteiger partial charge in [0, 0.05) is 26.6 Å². The summed E-state index contributed by atoms with van der Waals surface area (Å²) in [5, 5.41) is 2.29. The Balaban J connectivity index is 1.13. The zero-order valence-corrected chi connectivity index (χ0v) is 27.4. The van der Waals surface area contributed by atoms with Gasteiger partial charge < -0.3 is 0 Å². The second kappa shape index (κ2) is 12.5. The minimum absolute atomic E-state index is 0.732. The van der Waals surface area contributed by atoms with E-state index >= 15 is 0 Å². The molecule has 0 bridgehead atoms. The van der Waals surface area contributed by atoms with E-state index in [2.05, 4.69) is 182 Å². The maximum Gasteiger partial charge on any atom is 0.161 e. The second-order valence-corrected chi connectivity index (χ2v) is 13.3. The van der Waals surface area contributed by atoms with Crippen LogP contribution in [0.2, 0.25) is 0 Å². The van der Waals surface area contributed by atoms with E-state index in [-0.39, 0.29) is 0 Å². The molecule has 0 saturated heterocycles. The van der Waals surface area contributed by atoms with E-state index in [4.69, 9.17) is 9.97 Å². The third-order valence-corrected chi connectivity index (χ3v) is 10.2. The Morgan fingerprint density at radius 1 is 0.327 bits per heavy atom. The molecule has 2 nitrogen and oxygen atoms in total. The number of rotatable bonds is 6. The summed E-state index contributed by atoms with van der Waals surface area (Å²) >= 11 is 1.73. The van der Waals surface area contributed by atoms with Crippen molar-refractivity contribution < 1.29 is 0 Å². The van der Waals surface area contributed by atoms with Crippen molar-refractivity contribution in [2.45, 2.75) is 0 Å². The number of hydrogen-bond donors (Lipinski definition) is 0. The molecule has 0 aliphatic rings. The van der Waals surface area contributed by atoms with Gasteiger partial charge in [-0.3, -0.25) is 0 Å². The number of benzene rings is 7. The molecule has 0 aliphatic carbocycles. The van der Waals surface area contributed by atoms with Crippen LogP contribution in [0.4, 0.5) is 0 Å². The fraction of sp³-hybridized carbons (Fsp3) is 0. The molecule has 0 spiro atoms. The number of aromatic nitrogens is 2. The molecule has 3 heteroatoms. The molecule has 0 saturated carbocycles. The molecule has 7 aromatic carbocycles. The number of nitrogens with zero attached hydrogens (tertiary/aromatic N) is 2. The SMILES string of the molecule is c1ccc(-c2cccc(-c3ccc(-c4nc(-c5cccc(-c6cccc(-c7ccccc7)c6)c5)c5c(n4)sc4ccccc45)cc3)c2)cc1. The zero-order valence-electron chi connectivity index (χ0n) is 26.6. The molecule has 9 aromatic rings. The van der Waals surface area contributed by atoms with Gasteiger partial charge in [0.2, 0.25) is 0 Å². The third kappa shape index (κ3) is 5.61. The molecule has 230 valence electrons. The summed E-state index contributed by atoms with van der Waals surface area (Å²) in [5.41, 5.74) is 12.5. The fourth-order valence-corrected chi connectivity index (χ4v) is 7.71. The van der Waals surface area contributed by atoms with E-state index in [1.165, 1.54) is 43.5 Å². The average molecular weight is 643 g/mol. The molecule has 9 rings (SSSR count). The summed E-state index contributed by atoms with van der Waals surface area (Å²) in [6, 6.07) is 64.5. The normalized spacial score (nSPS) is 11.3. The lowest BCUT2D eigenvalue weighted by Crippen LogP contribution is -1.94. The molecule has 0 unspecified atom stereocenters. The Hall–Kier alpha value is -6.16. The van der Waals surface area contributed by atoms with Crippen molar-refractivity contribution in [2.24, 2.45) is 0 Å². The van der Waals surface area contributed by atoms with Gasteiger partial charge in [0.25, 0.3) is 0 Å². The highest BCUT2D eigenvalue weighted by atomic mass is 32.1. The van der Waals surface area contributed by atoms with Crippen LogP contribution in [-0.4, -0.2) is 9.97 Å². The molecule has 0 amide bonds. The second-order valence-electron chi connectivity index (χ2n) is 12.2. The minimum Gasteiger partial charge on any atom is -0.227 e. The van der Waals surface area contributed by atoms with Crippen LogP contribution in [0, 0.1) is 0 Å². The van der Waals surface area contributed by atoms with Crippen LogP contribution in [0.15, 0.2) is 182 Å². The van der Waals surface area contributed by atoms with E-state index in [1.54, 1.807) is 11.3 Å². The van der Waals surface area contributed by atoms with Gasteiger partial charge in [-0.05, 0) is 68.8 Å². The van der Waals surface area contributed by atoms with E-state index in [0.717, 1.165) is 44.0 Å². The topological polar surface area (TPSA) is 25.8 Å². The van der Waals surface area contributed by atoms with E-state index in [1.807, 2.05) is 0 Å². The van der Waals surface area contributed by atoms with Gasteiger partial charge in [-0.2, -0.15) is 0 Å². The molecule has 0 aliphatic heterocycles. The molecule has 0 fully saturated rings. The van der Waals surface area contributed by atoms with Crippen LogP contribution in [0.1, 0.15) is 0 Å². The summed E-state index contributed by atoms with van der Waals surface area (Å²) < 4.78 is 1.21. The number of thiophene rings is 1. The summed E-state index contributed by atoms with van der Waals surface area (Å²) in [6.07, 6.45) is 0.